The maximum atomic E-state index is 4.46. The molecule has 2 heteroatoms. The minimum Gasteiger partial charge on any atom is -0.362 e. The van der Waals surface area contributed by atoms with Gasteiger partial charge >= 0.3 is 0 Å². The molecule has 1 aromatic carbocycles. The molecule has 1 aromatic heterocycles. The van der Waals surface area contributed by atoms with Gasteiger partial charge in [-0.05, 0) is 31.2 Å². The summed E-state index contributed by atoms with van der Waals surface area (Å²) >= 11 is 0. The van der Waals surface area contributed by atoms with Crippen molar-refractivity contribution in [2.45, 2.75) is 70.8 Å². The first kappa shape index (κ1) is 19.5. The molecule has 2 nitrogen and oxygen atoms in total. The van der Waals surface area contributed by atoms with E-state index in [1.54, 1.807) is 0 Å². The lowest BCUT2D eigenvalue weighted by atomic mass is 10.0. The Hall–Kier alpha value is -2.22. The number of aryl methyl sites for hydroxylation is 1. The Labute approximate surface area is 164 Å². The topological polar surface area (TPSA) is 17.0 Å². The van der Waals surface area contributed by atoms with Crippen LogP contribution < -0.4 is 16.0 Å². The highest BCUT2D eigenvalue weighted by atomic mass is 15.1. The Morgan fingerprint density at radius 3 is 2.48 bits per heavy atom. The van der Waals surface area contributed by atoms with E-state index in [1.807, 2.05) is 0 Å². The molecule has 0 amide bonds. The first-order chi connectivity index (χ1) is 13.0. The van der Waals surface area contributed by atoms with Gasteiger partial charge in [0.1, 0.15) is 0 Å². The fourth-order valence-corrected chi connectivity index (χ4v) is 4.42. The zero-order chi connectivity index (χ0) is 19.4. The monoisotopic (exact) mass is 362 g/mol. The standard InChI is InChI=1S/C25H34N2/c1-6-7-8-9-10-11-13-22-14-12-15-23-20(4)27(21(5)25(22)23)24-17-16-18(2)26-19(24)3/h12,14-15,24,26H,2-11,13,16-17H2,1H3. The van der Waals surface area contributed by atoms with Gasteiger partial charge in [0, 0.05) is 32.9 Å². The van der Waals surface area contributed by atoms with Crippen LogP contribution in [0, 0.1) is 0 Å². The summed E-state index contributed by atoms with van der Waals surface area (Å²) < 4.78 is 2.29. The van der Waals surface area contributed by atoms with Gasteiger partial charge in [-0.1, -0.05) is 83.5 Å². The highest BCUT2D eigenvalue weighted by Gasteiger charge is 2.23. The fourth-order valence-electron chi connectivity index (χ4n) is 4.42. The van der Waals surface area contributed by atoms with Gasteiger partial charge in [-0.25, -0.2) is 0 Å². The zero-order valence-electron chi connectivity index (χ0n) is 16.9. The van der Waals surface area contributed by atoms with Crippen molar-refractivity contribution in [2.24, 2.45) is 0 Å². The second-order valence-corrected chi connectivity index (χ2v) is 7.93. The van der Waals surface area contributed by atoms with Crippen molar-refractivity contribution >= 4 is 23.9 Å². The number of benzene rings is 1. The number of hydrogen-bond acceptors (Lipinski definition) is 1. The molecule has 1 atom stereocenters. The Bertz CT molecular complexity index is 931. The summed E-state index contributed by atoms with van der Waals surface area (Å²) in [6.07, 6.45) is 11.0. The minimum absolute atomic E-state index is 0.199. The van der Waals surface area contributed by atoms with Gasteiger partial charge in [0.15, 0.2) is 0 Å². The van der Waals surface area contributed by atoms with E-state index in [9.17, 15) is 0 Å². The minimum atomic E-state index is 0.199. The lowest BCUT2D eigenvalue weighted by Crippen LogP contribution is -2.36. The van der Waals surface area contributed by atoms with Crippen LogP contribution in [0.2, 0.25) is 0 Å². The molecule has 1 N–H and O–H groups in total. The molecule has 3 rings (SSSR count). The summed E-state index contributed by atoms with van der Waals surface area (Å²) in [5.74, 6) is 0. The van der Waals surface area contributed by atoms with Gasteiger partial charge in [-0.15, -0.1) is 0 Å². The molecule has 1 aliphatic rings. The third-order valence-electron chi connectivity index (χ3n) is 5.90. The Kier molecular flexibility index (Phi) is 6.26. The van der Waals surface area contributed by atoms with E-state index in [-0.39, 0.29) is 6.04 Å². The van der Waals surface area contributed by atoms with Crippen molar-refractivity contribution in [3.05, 3.63) is 59.0 Å². The van der Waals surface area contributed by atoms with Gasteiger partial charge in [-0.3, -0.25) is 0 Å². The van der Waals surface area contributed by atoms with Crippen LogP contribution in [0.3, 0.4) is 0 Å². The van der Waals surface area contributed by atoms with Crippen molar-refractivity contribution in [3.8, 4) is 0 Å². The Balaban J connectivity index is 1.86. The number of piperidine rings is 1. The average molecular weight is 363 g/mol. The Morgan fingerprint density at radius 1 is 1.00 bits per heavy atom. The van der Waals surface area contributed by atoms with Crippen LogP contribution in [0.15, 0.2) is 42.8 Å². The van der Waals surface area contributed by atoms with Crippen LogP contribution in [-0.4, -0.2) is 4.57 Å². The first-order valence-electron chi connectivity index (χ1n) is 10.5. The van der Waals surface area contributed by atoms with E-state index < -0.39 is 0 Å². The van der Waals surface area contributed by atoms with Crippen LogP contribution >= 0.6 is 0 Å². The van der Waals surface area contributed by atoms with E-state index in [0.29, 0.717) is 0 Å². The van der Waals surface area contributed by atoms with Gasteiger partial charge in [0.2, 0.25) is 0 Å². The Morgan fingerprint density at radius 2 is 1.74 bits per heavy atom. The molecule has 1 aliphatic heterocycles. The lowest BCUT2D eigenvalue weighted by Gasteiger charge is -2.29. The van der Waals surface area contributed by atoms with E-state index in [0.717, 1.165) is 41.4 Å². The van der Waals surface area contributed by atoms with Crippen molar-refractivity contribution in [1.29, 1.82) is 0 Å². The number of aromatic nitrogens is 1. The summed E-state index contributed by atoms with van der Waals surface area (Å²) in [4.78, 5) is 0. The fraction of sp³-hybridized carbons (Fsp3) is 0.440. The predicted octanol–water partition coefficient (Wildman–Crippen LogP) is 5.32. The number of hydrogen-bond donors (Lipinski definition) is 1. The quantitative estimate of drug-likeness (QED) is 0.629. The van der Waals surface area contributed by atoms with Crippen molar-refractivity contribution in [3.63, 3.8) is 0 Å². The van der Waals surface area contributed by atoms with Crippen molar-refractivity contribution < 1.29 is 0 Å². The molecule has 1 fully saturated rings. The maximum Gasteiger partial charge on any atom is 0.0738 e. The molecule has 2 heterocycles. The summed E-state index contributed by atoms with van der Waals surface area (Å²) in [5.41, 5.74) is 3.46. The van der Waals surface area contributed by atoms with Gasteiger partial charge in [0.25, 0.3) is 0 Å². The largest absolute Gasteiger partial charge is 0.362 e. The van der Waals surface area contributed by atoms with Crippen LogP contribution in [-0.2, 0) is 6.42 Å². The zero-order valence-corrected chi connectivity index (χ0v) is 16.9. The summed E-state index contributed by atoms with van der Waals surface area (Å²) in [6.45, 7) is 19.4. The second kappa shape index (κ2) is 8.65. The smallest absolute Gasteiger partial charge is 0.0738 e. The number of fused-ring (bicyclic) bond motifs is 1. The van der Waals surface area contributed by atoms with Gasteiger partial charge in [0.05, 0.1) is 6.04 Å². The SMILES string of the molecule is C=C1CCC(n2c(=C)c3cccc(CCCCCCCC)c3c2=C)C(=C)N1. The molecule has 0 saturated carbocycles. The molecule has 0 bridgehead atoms. The lowest BCUT2D eigenvalue weighted by molar-refractivity contribution is 0.458. The van der Waals surface area contributed by atoms with Gasteiger partial charge in [-0.2, -0.15) is 0 Å². The molecular weight excluding hydrogens is 328 g/mol. The van der Waals surface area contributed by atoms with Crippen LogP contribution in [0.25, 0.3) is 23.9 Å². The molecule has 2 aromatic rings. The highest BCUT2D eigenvalue weighted by molar-refractivity contribution is 5.87. The first-order valence-corrected chi connectivity index (χ1v) is 10.5. The van der Waals surface area contributed by atoms with E-state index >= 15 is 0 Å². The summed E-state index contributed by atoms with van der Waals surface area (Å²) in [7, 11) is 0. The van der Waals surface area contributed by atoms with E-state index in [1.165, 1.54) is 54.9 Å². The van der Waals surface area contributed by atoms with Crippen LogP contribution in [0.4, 0.5) is 0 Å². The molecule has 1 saturated heterocycles. The number of rotatable bonds is 8. The maximum absolute atomic E-state index is 4.46. The molecule has 0 spiro atoms. The second-order valence-electron chi connectivity index (χ2n) is 7.93. The molecule has 1 unspecified atom stereocenters. The number of nitrogens with zero attached hydrogens (tertiary/aromatic N) is 1. The summed E-state index contributed by atoms with van der Waals surface area (Å²) in [5, 5.41) is 8.01. The van der Waals surface area contributed by atoms with Gasteiger partial charge < -0.3 is 9.88 Å². The number of unbranched alkanes of at least 4 members (excludes halogenated alkanes) is 5. The molecule has 27 heavy (non-hydrogen) atoms. The average Bonchev–Trinajstić information content (AvgIpc) is 2.90. The number of allylic oxidation sites excluding steroid dienone is 2. The third kappa shape index (κ3) is 4.05. The molecule has 0 aliphatic carbocycles. The normalized spacial score (nSPS) is 17.4. The molecular formula is C25H34N2. The van der Waals surface area contributed by atoms with Crippen molar-refractivity contribution in [1.82, 2.24) is 9.88 Å². The summed E-state index contributed by atoms with van der Waals surface area (Å²) in [6, 6.07) is 6.82. The van der Waals surface area contributed by atoms with Crippen molar-refractivity contribution in [2.75, 3.05) is 0 Å². The highest BCUT2D eigenvalue weighted by Crippen LogP contribution is 2.27. The molecule has 0 radical (unpaired) electrons. The van der Waals surface area contributed by atoms with E-state index in [4.69, 9.17) is 0 Å². The molecule has 144 valence electrons. The predicted molar refractivity (Wildman–Crippen MR) is 119 cm³/mol. The van der Waals surface area contributed by atoms with Crippen LogP contribution in [0.1, 0.15) is 69.9 Å². The van der Waals surface area contributed by atoms with E-state index in [2.05, 4.69) is 61.3 Å². The number of nitrogens with one attached hydrogen (secondary N) is 1. The van der Waals surface area contributed by atoms with Crippen LogP contribution in [0.5, 0.6) is 0 Å². The third-order valence-corrected chi connectivity index (χ3v) is 5.90.